The van der Waals surface area contributed by atoms with Gasteiger partial charge in [0.05, 0.1) is 23.5 Å². The van der Waals surface area contributed by atoms with E-state index in [1.54, 1.807) is 12.4 Å². The van der Waals surface area contributed by atoms with Gasteiger partial charge < -0.3 is 5.32 Å². The molecule has 0 saturated carbocycles. The Labute approximate surface area is 93.9 Å². The van der Waals surface area contributed by atoms with Crippen molar-refractivity contribution in [2.24, 2.45) is 0 Å². The highest BCUT2D eigenvalue weighted by Gasteiger charge is 2.05. The van der Waals surface area contributed by atoms with Gasteiger partial charge in [-0.2, -0.15) is 10.4 Å². The first-order valence-electron chi connectivity index (χ1n) is 5.05. The largest absolute Gasteiger partial charge is 0.376 e. The van der Waals surface area contributed by atoms with Gasteiger partial charge in [-0.05, 0) is 24.6 Å². The van der Waals surface area contributed by atoms with Gasteiger partial charge in [-0.25, -0.2) is 0 Å². The lowest BCUT2D eigenvalue weighted by molar-refractivity contribution is 0.885. The quantitative estimate of drug-likeness (QED) is 0.821. The summed E-state index contributed by atoms with van der Waals surface area (Å²) >= 11 is 0. The molecule has 2 rings (SSSR count). The molecule has 0 bridgehead atoms. The van der Waals surface area contributed by atoms with Gasteiger partial charge in [-0.3, -0.25) is 5.10 Å². The van der Waals surface area contributed by atoms with Crippen LogP contribution in [0.1, 0.15) is 24.1 Å². The normalized spacial score (nSPS) is 11.8. The van der Waals surface area contributed by atoms with Gasteiger partial charge in [-0.15, -0.1) is 0 Å². The first-order valence-corrected chi connectivity index (χ1v) is 5.05. The van der Waals surface area contributed by atoms with E-state index in [0.717, 1.165) is 11.3 Å². The van der Waals surface area contributed by atoms with E-state index < -0.39 is 0 Å². The summed E-state index contributed by atoms with van der Waals surface area (Å²) in [5.41, 5.74) is 2.77. The molecule has 4 nitrogen and oxygen atoms in total. The Bertz CT molecular complexity index is 479. The number of rotatable bonds is 3. The van der Waals surface area contributed by atoms with Crippen LogP contribution < -0.4 is 5.32 Å². The van der Waals surface area contributed by atoms with Crippen LogP contribution in [0.5, 0.6) is 0 Å². The van der Waals surface area contributed by atoms with E-state index in [0.29, 0.717) is 5.56 Å². The molecule has 1 unspecified atom stereocenters. The van der Waals surface area contributed by atoms with Crippen molar-refractivity contribution in [3.05, 3.63) is 47.8 Å². The van der Waals surface area contributed by atoms with Gasteiger partial charge in [0, 0.05) is 12.2 Å². The van der Waals surface area contributed by atoms with E-state index >= 15 is 0 Å². The molecule has 0 aliphatic carbocycles. The summed E-state index contributed by atoms with van der Waals surface area (Å²) in [6, 6.07) is 9.84. The molecule has 2 aromatic rings. The molecule has 0 radical (unpaired) electrons. The molecule has 1 aromatic heterocycles. The fourth-order valence-corrected chi connectivity index (χ4v) is 1.51. The summed E-state index contributed by atoms with van der Waals surface area (Å²) < 4.78 is 0. The minimum Gasteiger partial charge on any atom is -0.376 e. The van der Waals surface area contributed by atoms with Gasteiger partial charge in [-0.1, -0.05) is 12.1 Å². The Morgan fingerprint density at radius 1 is 1.38 bits per heavy atom. The van der Waals surface area contributed by atoms with Crippen LogP contribution in [-0.2, 0) is 0 Å². The SMILES string of the molecule is CC(Nc1cn[nH]c1)c1ccc(C#N)cc1. The number of H-pyrrole nitrogens is 1. The summed E-state index contributed by atoms with van der Waals surface area (Å²) in [5.74, 6) is 0. The summed E-state index contributed by atoms with van der Waals surface area (Å²) in [5, 5.41) is 18.6. The zero-order valence-corrected chi connectivity index (χ0v) is 8.94. The minimum atomic E-state index is 0.186. The summed E-state index contributed by atoms with van der Waals surface area (Å²) in [7, 11) is 0. The highest BCUT2D eigenvalue weighted by molar-refractivity contribution is 5.42. The van der Waals surface area contributed by atoms with Crippen LogP contribution in [0.15, 0.2) is 36.7 Å². The number of anilines is 1. The number of benzene rings is 1. The van der Waals surface area contributed by atoms with Gasteiger partial charge in [0.1, 0.15) is 0 Å². The lowest BCUT2D eigenvalue weighted by Crippen LogP contribution is -2.05. The molecule has 1 atom stereocenters. The molecular formula is C12H12N4. The number of nitriles is 1. The molecule has 0 saturated heterocycles. The maximum atomic E-state index is 8.70. The zero-order valence-electron chi connectivity index (χ0n) is 8.94. The van der Waals surface area contributed by atoms with E-state index in [2.05, 4.69) is 28.5 Å². The van der Waals surface area contributed by atoms with Crippen LogP contribution in [0.4, 0.5) is 5.69 Å². The van der Waals surface area contributed by atoms with E-state index in [9.17, 15) is 0 Å². The molecule has 0 aliphatic heterocycles. The highest BCUT2D eigenvalue weighted by Crippen LogP contribution is 2.18. The van der Waals surface area contributed by atoms with Gasteiger partial charge in [0.15, 0.2) is 0 Å². The second kappa shape index (κ2) is 4.49. The van der Waals surface area contributed by atoms with Crippen LogP contribution >= 0.6 is 0 Å². The summed E-state index contributed by atoms with van der Waals surface area (Å²) in [6.45, 7) is 2.06. The van der Waals surface area contributed by atoms with Crippen LogP contribution in [0, 0.1) is 11.3 Å². The first-order chi connectivity index (χ1) is 7.79. The molecule has 0 aliphatic rings. The molecule has 2 N–H and O–H groups in total. The van der Waals surface area contributed by atoms with E-state index in [1.165, 1.54) is 0 Å². The Kier molecular flexibility index (Phi) is 2.88. The third-order valence-corrected chi connectivity index (χ3v) is 2.42. The zero-order chi connectivity index (χ0) is 11.4. The number of aromatic amines is 1. The lowest BCUT2D eigenvalue weighted by Gasteiger charge is -2.13. The van der Waals surface area contributed by atoms with Gasteiger partial charge in [0.2, 0.25) is 0 Å². The molecule has 4 heteroatoms. The molecule has 0 amide bonds. The maximum absolute atomic E-state index is 8.70. The van der Waals surface area contributed by atoms with Crippen molar-refractivity contribution >= 4 is 5.69 Å². The Balaban J connectivity index is 2.09. The van der Waals surface area contributed by atoms with Crippen molar-refractivity contribution in [1.82, 2.24) is 10.2 Å². The maximum Gasteiger partial charge on any atom is 0.0991 e. The van der Waals surface area contributed by atoms with Crippen LogP contribution in [0.2, 0.25) is 0 Å². The second-order valence-electron chi connectivity index (χ2n) is 3.59. The standard InChI is InChI=1S/C12H12N4/c1-9(16-12-7-14-15-8-12)11-4-2-10(6-13)3-5-11/h2-5,7-9,16H,1H3,(H,14,15). The van der Waals surface area contributed by atoms with E-state index in [4.69, 9.17) is 5.26 Å². The fraction of sp³-hybridized carbons (Fsp3) is 0.167. The summed E-state index contributed by atoms with van der Waals surface area (Å²) in [4.78, 5) is 0. The molecule has 0 fully saturated rings. The fourth-order valence-electron chi connectivity index (χ4n) is 1.51. The Morgan fingerprint density at radius 3 is 2.69 bits per heavy atom. The Hall–Kier alpha value is -2.28. The number of nitrogens with zero attached hydrogens (tertiary/aromatic N) is 2. The van der Waals surface area contributed by atoms with Crippen LogP contribution in [0.25, 0.3) is 0 Å². The Morgan fingerprint density at radius 2 is 2.12 bits per heavy atom. The van der Waals surface area contributed by atoms with E-state index in [1.807, 2.05) is 24.3 Å². The van der Waals surface area contributed by atoms with Crippen LogP contribution in [-0.4, -0.2) is 10.2 Å². The highest BCUT2D eigenvalue weighted by atomic mass is 15.1. The molecular weight excluding hydrogens is 200 g/mol. The monoisotopic (exact) mass is 212 g/mol. The molecule has 1 aromatic carbocycles. The van der Waals surface area contributed by atoms with Crippen molar-refractivity contribution in [3.8, 4) is 6.07 Å². The number of hydrogen-bond acceptors (Lipinski definition) is 3. The van der Waals surface area contributed by atoms with E-state index in [-0.39, 0.29) is 6.04 Å². The molecule has 1 heterocycles. The topological polar surface area (TPSA) is 64.5 Å². The third kappa shape index (κ3) is 2.20. The predicted molar refractivity (Wildman–Crippen MR) is 61.8 cm³/mol. The van der Waals surface area contributed by atoms with Crippen molar-refractivity contribution in [1.29, 1.82) is 5.26 Å². The molecule has 16 heavy (non-hydrogen) atoms. The van der Waals surface area contributed by atoms with Gasteiger partial charge >= 0.3 is 0 Å². The second-order valence-corrected chi connectivity index (χ2v) is 3.59. The molecule has 80 valence electrons. The average Bonchev–Trinajstić information content (AvgIpc) is 2.82. The van der Waals surface area contributed by atoms with Gasteiger partial charge in [0.25, 0.3) is 0 Å². The lowest BCUT2D eigenvalue weighted by atomic mass is 10.1. The average molecular weight is 212 g/mol. The smallest absolute Gasteiger partial charge is 0.0991 e. The predicted octanol–water partition coefficient (Wildman–Crippen LogP) is 2.45. The number of hydrogen-bond donors (Lipinski definition) is 2. The van der Waals surface area contributed by atoms with Crippen molar-refractivity contribution < 1.29 is 0 Å². The first kappa shape index (κ1) is 10.2. The van der Waals surface area contributed by atoms with Crippen molar-refractivity contribution in [3.63, 3.8) is 0 Å². The van der Waals surface area contributed by atoms with Crippen molar-refractivity contribution in [2.45, 2.75) is 13.0 Å². The van der Waals surface area contributed by atoms with Crippen LogP contribution in [0.3, 0.4) is 0 Å². The third-order valence-electron chi connectivity index (χ3n) is 2.42. The summed E-state index contributed by atoms with van der Waals surface area (Å²) in [6.07, 6.45) is 3.54. The van der Waals surface area contributed by atoms with Crippen molar-refractivity contribution in [2.75, 3.05) is 5.32 Å². The minimum absolute atomic E-state index is 0.186. The number of nitrogens with one attached hydrogen (secondary N) is 2. The molecule has 0 spiro atoms. The number of aromatic nitrogens is 2.